The Morgan fingerprint density at radius 3 is 2.81 bits per heavy atom. The second-order valence-electron chi connectivity index (χ2n) is 9.19. The third kappa shape index (κ3) is 3.89. The van der Waals surface area contributed by atoms with Crippen LogP contribution in [0.15, 0.2) is 53.3 Å². The summed E-state index contributed by atoms with van der Waals surface area (Å²) < 4.78 is 29.0. The van der Waals surface area contributed by atoms with Crippen molar-refractivity contribution < 1.29 is 13.7 Å². The van der Waals surface area contributed by atoms with E-state index in [9.17, 15) is 4.39 Å². The van der Waals surface area contributed by atoms with Crippen LogP contribution in [0.4, 0.5) is 4.39 Å². The number of nitrogens with zero attached hydrogens (tertiary/aromatic N) is 7. The lowest BCUT2D eigenvalue weighted by Crippen LogP contribution is -2.10. The predicted molar refractivity (Wildman–Crippen MR) is 129 cm³/mol. The van der Waals surface area contributed by atoms with E-state index >= 15 is 0 Å². The second-order valence-corrected chi connectivity index (χ2v) is 9.19. The van der Waals surface area contributed by atoms with E-state index in [0.29, 0.717) is 29.8 Å². The zero-order valence-corrected chi connectivity index (χ0v) is 20.1. The van der Waals surface area contributed by atoms with E-state index in [0.717, 1.165) is 33.9 Å². The number of rotatable bonds is 6. The van der Waals surface area contributed by atoms with Crippen LogP contribution in [0.2, 0.25) is 0 Å². The molecule has 0 bridgehead atoms. The molecule has 2 aromatic carbocycles. The van der Waals surface area contributed by atoms with Crippen molar-refractivity contribution in [3.63, 3.8) is 0 Å². The Labute approximate surface area is 206 Å². The average Bonchev–Trinajstić information content (AvgIpc) is 3.57. The van der Waals surface area contributed by atoms with Crippen LogP contribution in [0.25, 0.3) is 28.6 Å². The van der Waals surface area contributed by atoms with Crippen molar-refractivity contribution in [2.24, 2.45) is 0 Å². The molecule has 0 radical (unpaired) electrons. The predicted octanol–water partition coefficient (Wildman–Crippen LogP) is 4.83. The monoisotopic (exact) mass is 485 g/mol. The van der Waals surface area contributed by atoms with Crippen molar-refractivity contribution in [2.75, 3.05) is 0 Å². The van der Waals surface area contributed by atoms with E-state index in [1.807, 2.05) is 36.0 Å². The lowest BCUT2D eigenvalue weighted by molar-refractivity contribution is 0.0992. The van der Waals surface area contributed by atoms with E-state index in [2.05, 4.69) is 43.5 Å². The molecule has 6 rings (SSSR count). The van der Waals surface area contributed by atoms with Gasteiger partial charge in [0.25, 0.3) is 0 Å². The van der Waals surface area contributed by atoms with Crippen LogP contribution >= 0.6 is 0 Å². The fourth-order valence-corrected chi connectivity index (χ4v) is 4.37. The Morgan fingerprint density at radius 1 is 1.11 bits per heavy atom. The van der Waals surface area contributed by atoms with E-state index in [4.69, 9.17) is 9.26 Å². The zero-order valence-electron chi connectivity index (χ0n) is 20.1. The summed E-state index contributed by atoms with van der Waals surface area (Å²) in [6, 6.07) is 12.6. The van der Waals surface area contributed by atoms with Crippen LogP contribution in [0.5, 0.6) is 0 Å². The largest absolute Gasteiger partial charge is 0.369 e. The number of fused-ring (bicyclic) bond motifs is 5. The molecule has 0 aliphatic carbocycles. The number of aryl methyl sites for hydroxylation is 1. The molecule has 36 heavy (non-hydrogen) atoms. The van der Waals surface area contributed by atoms with Crippen molar-refractivity contribution in [2.45, 2.75) is 46.4 Å². The van der Waals surface area contributed by atoms with Gasteiger partial charge in [0.2, 0.25) is 11.7 Å². The third-order valence-corrected chi connectivity index (χ3v) is 6.19. The molecule has 0 amide bonds. The van der Waals surface area contributed by atoms with Gasteiger partial charge in [-0.2, -0.15) is 4.98 Å². The molecule has 5 aromatic rings. The minimum atomic E-state index is -0.290. The first-order chi connectivity index (χ1) is 17.5. The number of hydrogen-bond acceptors (Lipinski definition) is 7. The second kappa shape index (κ2) is 8.80. The average molecular weight is 486 g/mol. The van der Waals surface area contributed by atoms with Crippen LogP contribution in [-0.2, 0) is 24.5 Å². The van der Waals surface area contributed by atoms with E-state index < -0.39 is 0 Å². The molecule has 182 valence electrons. The molecule has 9 nitrogen and oxygen atoms in total. The molecular weight excluding hydrogens is 461 g/mol. The lowest BCUT2D eigenvalue weighted by Gasteiger charge is -2.09. The highest BCUT2D eigenvalue weighted by atomic mass is 19.1. The third-order valence-electron chi connectivity index (χ3n) is 6.19. The summed E-state index contributed by atoms with van der Waals surface area (Å²) >= 11 is 0. The van der Waals surface area contributed by atoms with Crippen molar-refractivity contribution in [1.82, 2.24) is 34.5 Å². The van der Waals surface area contributed by atoms with Gasteiger partial charge in [0.05, 0.1) is 24.5 Å². The van der Waals surface area contributed by atoms with Gasteiger partial charge < -0.3 is 13.8 Å². The first-order valence-corrected chi connectivity index (χ1v) is 11.7. The summed E-state index contributed by atoms with van der Waals surface area (Å²) in [5, 5.41) is 13.1. The fourth-order valence-electron chi connectivity index (χ4n) is 4.37. The molecular formula is C26H24FN7O2. The Balaban J connectivity index is 1.40. The van der Waals surface area contributed by atoms with E-state index in [1.165, 1.54) is 12.1 Å². The highest BCUT2D eigenvalue weighted by Crippen LogP contribution is 2.35. The van der Waals surface area contributed by atoms with Crippen LogP contribution in [0, 0.1) is 12.7 Å². The Kier molecular flexibility index (Phi) is 5.45. The molecule has 1 aliphatic heterocycles. The molecule has 0 fully saturated rings. The maximum absolute atomic E-state index is 13.5. The van der Waals surface area contributed by atoms with Crippen LogP contribution in [0.3, 0.4) is 0 Å². The van der Waals surface area contributed by atoms with Gasteiger partial charge in [-0.15, -0.1) is 10.2 Å². The quantitative estimate of drug-likeness (QED) is 0.333. The maximum atomic E-state index is 13.5. The minimum Gasteiger partial charge on any atom is -0.369 e. The lowest BCUT2D eigenvalue weighted by atomic mass is 10.1. The topological polar surface area (TPSA) is 96.7 Å². The molecule has 1 aliphatic rings. The van der Waals surface area contributed by atoms with E-state index in [-0.39, 0.29) is 24.9 Å². The number of halogens is 1. The SMILES string of the molecule is Cc1ccc2c(c1)-c1nnc(COCc3cccc(F)c3)n1Cc1c(-c3noc(C(C)C)n3)ncn1-2. The van der Waals surface area contributed by atoms with Gasteiger partial charge in [0, 0.05) is 11.5 Å². The molecule has 0 unspecified atom stereocenters. The molecule has 10 heteroatoms. The summed E-state index contributed by atoms with van der Waals surface area (Å²) in [7, 11) is 0. The van der Waals surface area contributed by atoms with Gasteiger partial charge in [0.15, 0.2) is 11.6 Å². The zero-order chi connectivity index (χ0) is 24.8. The number of benzene rings is 2. The molecule has 3 aromatic heterocycles. The number of hydrogen-bond donors (Lipinski definition) is 0. The minimum absolute atomic E-state index is 0.113. The van der Waals surface area contributed by atoms with Gasteiger partial charge in [-0.3, -0.25) is 4.57 Å². The standard InChI is InChI=1S/C26H24FN7O2/c1-15(2)26-29-24(32-36-26)23-21-11-33-22(13-35-12-17-5-4-6-18(27)10-17)30-31-25(33)19-9-16(3)7-8-20(19)34(21)14-28-23/h4-10,14-15H,11-13H2,1-3H3. The first kappa shape index (κ1) is 22.3. The molecule has 4 heterocycles. The van der Waals surface area contributed by atoms with Gasteiger partial charge in [-0.25, -0.2) is 9.37 Å². The number of imidazole rings is 1. The summed E-state index contributed by atoms with van der Waals surface area (Å²) in [4.78, 5) is 9.23. The van der Waals surface area contributed by atoms with Gasteiger partial charge in [-0.05, 0) is 36.8 Å². The number of aromatic nitrogens is 7. The molecule has 0 spiro atoms. The van der Waals surface area contributed by atoms with Crippen molar-refractivity contribution in [3.8, 4) is 28.6 Å². The van der Waals surface area contributed by atoms with Crippen molar-refractivity contribution in [3.05, 3.63) is 83.1 Å². The van der Waals surface area contributed by atoms with Gasteiger partial charge >= 0.3 is 0 Å². The Morgan fingerprint density at radius 2 is 2.00 bits per heavy atom. The highest BCUT2D eigenvalue weighted by Gasteiger charge is 2.28. The van der Waals surface area contributed by atoms with Crippen LogP contribution in [0.1, 0.15) is 48.3 Å². The fraction of sp³-hybridized carbons (Fsp3) is 0.269. The summed E-state index contributed by atoms with van der Waals surface area (Å²) in [6.45, 7) is 6.97. The van der Waals surface area contributed by atoms with Crippen molar-refractivity contribution in [1.29, 1.82) is 0 Å². The molecule has 0 saturated heterocycles. The van der Waals surface area contributed by atoms with E-state index in [1.54, 1.807) is 12.4 Å². The van der Waals surface area contributed by atoms with Crippen LogP contribution < -0.4 is 0 Å². The van der Waals surface area contributed by atoms with Gasteiger partial charge in [-0.1, -0.05) is 42.8 Å². The normalized spacial score (nSPS) is 12.4. The van der Waals surface area contributed by atoms with Crippen molar-refractivity contribution >= 4 is 0 Å². The first-order valence-electron chi connectivity index (χ1n) is 11.7. The Hall–Kier alpha value is -4.18. The summed E-state index contributed by atoms with van der Waals surface area (Å²) in [5.41, 5.74) is 5.28. The molecule has 0 N–H and O–H groups in total. The van der Waals surface area contributed by atoms with Crippen LogP contribution in [-0.4, -0.2) is 34.5 Å². The molecule has 0 atom stereocenters. The number of ether oxygens (including phenoxy) is 1. The maximum Gasteiger partial charge on any atom is 0.229 e. The molecule has 0 saturated carbocycles. The summed E-state index contributed by atoms with van der Waals surface area (Å²) in [5.74, 6) is 2.23. The summed E-state index contributed by atoms with van der Waals surface area (Å²) in [6.07, 6.45) is 1.78. The Bertz CT molecular complexity index is 1570. The smallest absolute Gasteiger partial charge is 0.229 e. The highest BCUT2D eigenvalue weighted by molar-refractivity contribution is 5.71. The van der Waals surface area contributed by atoms with Gasteiger partial charge in [0.1, 0.15) is 24.4 Å².